The molecule has 2 aromatic carbocycles. The normalized spacial score (nSPS) is 10.1. The summed E-state index contributed by atoms with van der Waals surface area (Å²) in [6.45, 7) is 0.807. The third-order valence-electron chi connectivity index (χ3n) is 2.26. The van der Waals surface area contributed by atoms with Crippen LogP contribution in [-0.2, 0) is 6.54 Å². The zero-order valence-corrected chi connectivity index (χ0v) is 10.9. The van der Waals surface area contributed by atoms with Crippen LogP contribution < -0.4 is 5.32 Å². The van der Waals surface area contributed by atoms with E-state index in [2.05, 4.69) is 33.4 Å². The first kappa shape index (κ1) is 11.5. The molecule has 0 bridgehead atoms. The third-order valence-corrected chi connectivity index (χ3v) is 3.15. The van der Waals surface area contributed by atoms with Gasteiger partial charge in [-0.3, -0.25) is 0 Å². The van der Waals surface area contributed by atoms with E-state index in [-0.39, 0.29) is 0 Å². The van der Waals surface area contributed by atoms with Crippen molar-refractivity contribution >= 4 is 33.2 Å². The van der Waals surface area contributed by atoms with Crippen molar-refractivity contribution in [1.29, 1.82) is 0 Å². The highest BCUT2D eigenvalue weighted by molar-refractivity contribution is 9.10. The molecule has 1 nitrogen and oxygen atoms in total. The molecule has 0 aliphatic heterocycles. The fourth-order valence-electron chi connectivity index (χ4n) is 1.43. The van der Waals surface area contributed by atoms with E-state index in [1.165, 1.54) is 5.56 Å². The predicted molar refractivity (Wildman–Crippen MR) is 72.9 cm³/mol. The van der Waals surface area contributed by atoms with Crippen LogP contribution in [0.15, 0.2) is 53.0 Å². The van der Waals surface area contributed by atoms with Crippen molar-refractivity contribution in [2.45, 2.75) is 6.54 Å². The van der Waals surface area contributed by atoms with Crippen molar-refractivity contribution in [1.82, 2.24) is 0 Å². The van der Waals surface area contributed by atoms with Crippen LogP contribution in [0.2, 0.25) is 5.02 Å². The Hall–Kier alpha value is -0.990. The lowest BCUT2D eigenvalue weighted by atomic mass is 10.2. The van der Waals surface area contributed by atoms with Crippen LogP contribution in [0.5, 0.6) is 0 Å². The lowest BCUT2D eigenvalue weighted by molar-refractivity contribution is 1.15. The van der Waals surface area contributed by atoms with Crippen molar-refractivity contribution in [3.8, 4) is 0 Å². The van der Waals surface area contributed by atoms with E-state index in [1.807, 2.05) is 36.4 Å². The lowest BCUT2D eigenvalue weighted by Crippen LogP contribution is -1.99. The largest absolute Gasteiger partial charge is 0.380 e. The summed E-state index contributed by atoms with van der Waals surface area (Å²) in [7, 11) is 0. The van der Waals surface area contributed by atoms with E-state index in [1.54, 1.807) is 0 Å². The van der Waals surface area contributed by atoms with Crippen LogP contribution in [0, 0.1) is 0 Å². The van der Waals surface area contributed by atoms with E-state index >= 15 is 0 Å². The van der Waals surface area contributed by atoms with Gasteiger partial charge in [-0.2, -0.15) is 0 Å². The summed E-state index contributed by atoms with van der Waals surface area (Å²) >= 11 is 9.35. The molecule has 3 heteroatoms. The quantitative estimate of drug-likeness (QED) is 0.864. The third kappa shape index (κ3) is 3.00. The molecule has 0 saturated carbocycles. The molecule has 1 N–H and O–H groups in total. The van der Waals surface area contributed by atoms with E-state index in [0.29, 0.717) is 0 Å². The fraction of sp³-hybridized carbons (Fsp3) is 0.0769. The average molecular weight is 297 g/mol. The molecular formula is C13H11BrClN. The molecule has 0 aromatic heterocycles. The molecule has 0 saturated heterocycles. The van der Waals surface area contributed by atoms with Gasteiger partial charge in [0.15, 0.2) is 0 Å². The second-order valence-corrected chi connectivity index (χ2v) is 4.75. The minimum Gasteiger partial charge on any atom is -0.380 e. The molecule has 0 radical (unpaired) electrons. The van der Waals surface area contributed by atoms with Crippen molar-refractivity contribution in [2.24, 2.45) is 0 Å². The molecule has 0 atom stereocenters. The molecule has 0 amide bonds. The van der Waals surface area contributed by atoms with E-state index in [4.69, 9.17) is 11.6 Å². The van der Waals surface area contributed by atoms with Crippen LogP contribution in [0.4, 0.5) is 5.69 Å². The molecular weight excluding hydrogens is 286 g/mol. The fourth-order valence-corrected chi connectivity index (χ4v) is 2.25. The molecule has 0 aliphatic carbocycles. The number of halogens is 2. The van der Waals surface area contributed by atoms with Crippen molar-refractivity contribution < 1.29 is 0 Å². The van der Waals surface area contributed by atoms with E-state index < -0.39 is 0 Å². The zero-order valence-electron chi connectivity index (χ0n) is 8.58. The Kier molecular flexibility index (Phi) is 3.86. The van der Waals surface area contributed by atoms with E-state index in [0.717, 1.165) is 21.7 Å². The topological polar surface area (TPSA) is 12.0 Å². The number of hydrogen-bond acceptors (Lipinski definition) is 1. The maximum atomic E-state index is 5.88. The van der Waals surface area contributed by atoms with Gasteiger partial charge in [0.1, 0.15) is 0 Å². The standard InChI is InChI=1S/C13H11BrClN/c14-12-8-11(15)6-7-13(12)16-9-10-4-2-1-3-5-10/h1-8,16H,9H2. The molecule has 16 heavy (non-hydrogen) atoms. The minimum absolute atomic E-state index is 0.733. The highest BCUT2D eigenvalue weighted by Crippen LogP contribution is 2.26. The zero-order chi connectivity index (χ0) is 11.4. The summed E-state index contributed by atoms with van der Waals surface area (Å²) in [6.07, 6.45) is 0. The molecule has 82 valence electrons. The summed E-state index contributed by atoms with van der Waals surface area (Å²) in [5.74, 6) is 0. The minimum atomic E-state index is 0.733. The number of benzene rings is 2. The second-order valence-electron chi connectivity index (χ2n) is 3.46. The van der Waals surface area contributed by atoms with Gasteiger partial charge in [-0.25, -0.2) is 0 Å². The Labute approximate surface area is 109 Å². The van der Waals surface area contributed by atoms with Crippen LogP contribution in [-0.4, -0.2) is 0 Å². The number of hydrogen-bond donors (Lipinski definition) is 1. The first-order valence-corrected chi connectivity index (χ1v) is 6.15. The number of anilines is 1. The molecule has 0 unspecified atom stereocenters. The maximum Gasteiger partial charge on any atom is 0.0488 e. The Bertz CT molecular complexity index is 471. The van der Waals surface area contributed by atoms with Gasteiger partial charge in [-0.15, -0.1) is 0 Å². The van der Waals surface area contributed by atoms with Gasteiger partial charge in [-0.1, -0.05) is 41.9 Å². The Morgan fingerprint density at radius 1 is 1.06 bits per heavy atom. The van der Waals surface area contributed by atoms with Crippen LogP contribution in [0.1, 0.15) is 5.56 Å². The monoisotopic (exact) mass is 295 g/mol. The van der Waals surface area contributed by atoms with E-state index in [9.17, 15) is 0 Å². The average Bonchev–Trinajstić information content (AvgIpc) is 2.29. The number of nitrogens with one attached hydrogen (secondary N) is 1. The van der Waals surface area contributed by atoms with Gasteiger partial charge >= 0.3 is 0 Å². The molecule has 0 aliphatic rings. The summed E-state index contributed by atoms with van der Waals surface area (Å²) in [6, 6.07) is 16.0. The van der Waals surface area contributed by atoms with Gasteiger partial charge < -0.3 is 5.32 Å². The first-order valence-electron chi connectivity index (χ1n) is 4.98. The summed E-state index contributed by atoms with van der Waals surface area (Å²) in [5, 5.41) is 4.08. The summed E-state index contributed by atoms with van der Waals surface area (Å²) < 4.78 is 0.982. The molecule has 0 spiro atoms. The van der Waals surface area contributed by atoms with Gasteiger partial charge in [0.05, 0.1) is 0 Å². The van der Waals surface area contributed by atoms with Gasteiger partial charge in [-0.05, 0) is 39.7 Å². The Balaban J connectivity index is 2.05. The summed E-state index contributed by atoms with van der Waals surface area (Å²) in [5.41, 5.74) is 2.30. The summed E-state index contributed by atoms with van der Waals surface area (Å²) in [4.78, 5) is 0. The van der Waals surface area contributed by atoms with Gasteiger partial charge in [0.2, 0.25) is 0 Å². The highest BCUT2D eigenvalue weighted by atomic mass is 79.9. The van der Waals surface area contributed by atoms with Crippen LogP contribution in [0.3, 0.4) is 0 Å². The smallest absolute Gasteiger partial charge is 0.0488 e. The second kappa shape index (κ2) is 5.37. The van der Waals surface area contributed by atoms with Crippen LogP contribution in [0.25, 0.3) is 0 Å². The number of rotatable bonds is 3. The van der Waals surface area contributed by atoms with Crippen molar-refractivity contribution in [3.63, 3.8) is 0 Å². The molecule has 2 aromatic rings. The SMILES string of the molecule is Clc1ccc(NCc2ccccc2)c(Br)c1. The predicted octanol–water partition coefficient (Wildman–Crippen LogP) is 4.71. The first-order chi connectivity index (χ1) is 7.75. The maximum absolute atomic E-state index is 5.88. The molecule has 0 fully saturated rings. The van der Waals surface area contributed by atoms with Gasteiger partial charge in [0, 0.05) is 21.7 Å². The lowest BCUT2D eigenvalue weighted by Gasteiger charge is -2.08. The highest BCUT2D eigenvalue weighted by Gasteiger charge is 1.99. The molecule has 0 heterocycles. The van der Waals surface area contributed by atoms with Crippen LogP contribution >= 0.6 is 27.5 Å². The van der Waals surface area contributed by atoms with Crippen molar-refractivity contribution in [2.75, 3.05) is 5.32 Å². The van der Waals surface area contributed by atoms with Gasteiger partial charge in [0.25, 0.3) is 0 Å². The Morgan fingerprint density at radius 3 is 2.50 bits per heavy atom. The molecule has 2 rings (SSSR count). The van der Waals surface area contributed by atoms with Crippen molar-refractivity contribution in [3.05, 3.63) is 63.6 Å². The Morgan fingerprint density at radius 2 is 1.81 bits per heavy atom.